The maximum Gasteiger partial charge on any atom is 0.203 e. The molecule has 4 nitrogen and oxygen atoms in total. The molecule has 15 heavy (non-hydrogen) atoms. The highest BCUT2D eigenvalue weighted by Crippen LogP contribution is 2.25. The van der Waals surface area contributed by atoms with Crippen molar-refractivity contribution in [1.29, 1.82) is 0 Å². The minimum atomic E-state index is 0.569. The standard InChI is InChI=1S/C10H18N4S/c1-14(6-8-4-2-3-5-8)7-9-12-13-10(11)15-9/h8H,2-7H2,1H3,(H2,11,13). The van der Waals surface area contributed by atoms with Crippen molar-refractivity contribution in [2.45, 2.75) is 32.2 Å². The van der Waals surface area contributed by atoms with E-state index in [1.807, 2.05) is 0 Å². The minimum absolute atomic E-state index is 0.569. The number of nitrogens with two attached hydrogens (primary N) is 1. The summed E-state index contributed by atoms with van der Waals surface area (Å²) in [4.78, 5) is 2.33. The number of aromatic nitrogens is 2. The molecule has 0 radical (unpaired) electrons. The molecule has 1 heterocycles. The van der Waals surface area contributed by atoms with Gasteiger partial charge in [0, 0.05) is 6.54 Å². The van der Waals surface area contributed by atoms with Crippen LogP contribution in [0.1, 0.15) is 30.7 Å². The highest BCUT2D eigenvalue weighted by Gasteiger charge is 2.17. The molecule has 1 aromatic rings. The van der Waals surface area contributed by atoms with Gasteiger partial charge in [-0.15, -0.1) is 10.2 Å². The average molecular weight is 226 g/mol. The Morgan fingerprint density at radius 2 is 2.13 bits per heavy atom. The fraction of sp³-hybridized carbons (Fsp3) is 0.800. The van der Waals surface area contributed by atoms with Crippen molar-refractivity contribution in [3.63, 3.8) is 0 Å². The van der Waals surface area contributed by atoms with Gasteiger partial charge in [-0.2, -0.15) is 0 Å². The Morgan fingerprint density at radius 1 is 1.40 bits per heavy atom. The Hall–Kier alpha value is -0.680. The monoisotopic (exact) mass is 226 g/mol. The lowest BCUT2D eigenvalue weighted by molar-refractivity contribution is 0.270. The van der Waals surface area contributed by atoms with E-state index in [2.05, 4.69) is 22.1 Å². The summed E-state index contributed by atoms with van der Waals surface area (Å²) in [7, 11) is 2.15. The molecule has 0 aromatic carbocycles. The second-order valence-electron chi connectivity index (χ2n) is 4.38. The van der Waals surface area contributed by atoms with Crippen LogP contribution in [0.3, 0.4) is 0 Å². The number of hydrogen-bond donors (Lipinski definition) is 1. The van der Waals surface area contributed by atoms with Gasteiger partial charge in [-0.1, -0.05) is 24.2 Å². The molecule has 1 aliphatic rings. The molecule has 84 valence electrons. The molecule has 0 spiro atoms. The quantitative estimate of drug-likeness (QED) is 0.849. The summed E-state index contributed by atoms with van der Waals surface area (Å²) in [5, 5.41) is 9.44. The van der Waals surface area contributed by atoms with Gasteiger partial charge < -0.3 is 5.73 Å². The third-order valence-electron chi connectivity index (χ3n) is 2.93. The van der Waals surface area contributed by atoms with E-state index in [9.17, 15) is 0 Å². The maximum absolute atomic E-state index is 5.54. The highest BCUT2D eigenvalue weighted by molar-refractivity contribution is 7.15. The molecule has 0 aliphatic heterocycles. The van der Waals surface area contributed by atoms with E-state index in [0.29, 0.717) is 5.13 Å². The molecule has 0 bridgehead atoms. The maximum atomic E-state index is 5.54. The van der Waals surface area contributed by atoms with E-state index < -0.39 is 0 Å². The van der Waals surface area contributed by atoms with Gasteiger partial charge in [0.05, 0.1) is 6.54 Å². The van der Waals surface area contributed by atoms with E-state index in [-0.39, 0.29) is 0 Å². The zero-order valence-electron chi connectivity index (χ0n) is 9.15. The predicted octanol–water partition coefficient (Wildman–Crippen LogP) is 1.74. The Bertz CT molecular complexity index is 306. The van der Waals surface area contributed by atoms with Gasteiger partial charge in [0.25, 0.3) is 0 Å². The molecule has 0 unspecified atom stereocenters. The van der Waals surface area contributed by atoms with Gasteiger partial charge in [-0.3, -0.25) is 4.90 Å². The lowest BCUT2D eigenvalue weighted by atomic mass is 10.1. The van der Waals surface area contributed by atoms with Crippen molar-refractivity contribution in [1.82, 2.24) is 15.1 Å². The van der Waals surface area contributed by atoms with Crippen molar-refractivity contribution in [2.75, 3.05) is 19.3 Å². The number of anilines is 1. The van der Waals surface area contributed by atoms with E-state index >= 15 is 0 Å². The van der Waals surface area contributed by atoms with Crippen molar-refractivity contribution in [3.8, 4) is 0 Å². The van der Waals surface area contributed by atoms with Crippen LogP contribution in [-0.2, 0) is 6.54 Å². The summed E-state index contributed by atoms with van der Waals surface area (Å²) in [5.74, 6) is 0.889. The summed E-state index contributed by atoms with van der Waals surface area (Å²) in [5.41, 5.74) is 5.54. The molecule has 0 amide bonds. The molecule has 0 atom stereocenters. The minimum Gasteiger partial charge on any atom is -0.374 e. The van der Waals surface area contributed by atoms with Crippen LogP contribution in [0.5, 0.6) is 0 Å². The first-order valence-electron chi connectivity index (χ1n) is 5.50. The molecule has 2 rings (SSSR count). The lowest BCUT2D eigenvalue weighted by Gasteiger charge is -2.18. The van der Waals surface area contributed by atoms with Crippen LogP contribution in [0.15, 0.2) is 0 Å². The number of nitrogen functional groups attached to an aromatic ring is 1. The van der Waals surface area contributed by atoms with E-state index in [1.54, 1.807) is 0 Å². The number of hydrogen-bond acceptors (Lipinski definition) is 5. The van der Waals surface area contributed by atoms with Crippen molar-refractivity contribution in [2.24, 2.45) is 5.92 Å². The Balaban J connectivity index is 1.78. The van der Waals surface area contributed by atoms with E-state index in [0.717, 1.165) is 17.5 Å². The van der Waals surface area contributed by atoms with Crippen LogP contribution in [0, 0.1) is 5.92 Å². The van der Waals surface area contributed by atoms with Crippen LogP contribution >= 0.6 is 11.3 Å². The van der Waals surface area contributed by atoms with Crippen molar-refractivity contribution in [3.05, 3.63) is 5.01 Å². The highest BCUT2D eigenvalue weighted by atomic mass is 32.1. The third-order valence-corrected chi connectivity index (χ3v) is 3.67. The number of nitrogens with zero attached hydrogens (tertiary/aromatic N) is 3. The normalized spacial score (nSPS) is 17.7. The molecule has 1 fully saturated rings. The van der Waals surface area contributed by atoms with Gasteiger partial charge in [0.2, 0.25) is 5.13 Å². The van der Waals surface area contributed by atoms with Crippen molar-refractivity contribution < 1.29 is 0 Å². The number of rotatable bonds is 4. The molecule has 5 heteroatoms. The molecule has 0 saturated heterocycles. The Morgan fingerprint density at radius 3 is 2.73 bits per heavy atom. The Kier molecular flexibility index (Phi) is 3.53. The third kappa shape index (κ3) is 3.14. The summed E-state index contributed by atoms with van der Waals surface area (Å²) in [6, 6.07) is 0. The van der Waals surface area contributed by atoms with Gasteiger partial charge in [-0.25, -0.2) is 0 Å². The van der Waals surface area contributed by atoms with E-state index in [1.165, 1.54) is 43.6 Å². The zero-order chi connectivity index (χ0) is 10.7. The zero-order valence-corrected chi connectivity index (χ0v) is 9.96. The first kappa shape index (κ1) is 10.8. The van der Waals surface area contributed by atoms with Crippen LogP contribution in [0.2, 0.25) is 0 Å². The molecule has 1 aliphatic carbocycles. The smallest absolute Gasteiger partial charge is 0.203 e. The van der Waals surface area contributed by atoms with Crippen LogP contribution in [0.4, 0.5) is 5.13 Å². The lowest BCUT2D eigenvalue weighted by Crippen LogP contribution is -2.23. The average Bonchev–Trinajstić information content (AvgIpc) is 2.77. The fourth-order valence-corrected chi connectivity index (χ4v) is 2.95. The molecule has 1 aromatic heterocycles. The topological polar surface area (TPSA) is 55.0 Å². The van der Waals surface area contributed by atoms with Crippen LogP contribution in [-0.4, -0.2) is 28.7 Å². The fourth-order valence-electron chi connectivity index (χ4n) is 2.26. The van der Waals surface area contributed by atoms with Gasteiger partial charge in [0.15, 0.2) is 0 Å². The molecule has 1 saturated carbocycles. The van der Waals surface area contributed by atoms with Crippen molar-refractivity contribution >= 4 is 16.5 Å². The molecular weight excluding hydrogens is 208 g/mol. The summed E-state index contributed by atoms with van der Waals surface area (Å²) >= 11 is 1.49. The molecule has 2 N–H and O–H groups in total. The predicted molar refractivity (Wildman–Crippen MR) is 62.6 cm³/mol. The first-order chi connectivity index (χ1) is 7.24. The van der Waals surface area contributed by atoms with E-state index in [4.69, 9.17) is 5.73 Å². The summed E-state index contributed by atoms with van der Waals surface area (Å²) in [6.07, 6.45) is 5.60. The first-order valence-corrected chi connectivity index (χ1v) is 6.32. The SMILES string of the molecule is CN(Cc1nnc(N)s1)CC1CCCC1. The van der Waals surface area contributed by atoms with Gasteiger partial charge in [-0.05, 0) is 25.8 Å². The van der Waals surface area contributed by atoms with Crippen LogP contribution < -0.4 is 5.73 Å². The van der Waals surface area contributed by atoms with Gasteiger partial charge in [0.1, 0.15) is 5.01 Å². The molecular formula is C10H18N4S. The summed E-state index contributed by atoms with van der Waals surface area (Å²) in [6.45, 7) is 2.06. The second-order valence-corrected chi connectivity index (χ2v) is 5.47. The van der Waals surface area contributed by atoms with Crippen LogP contribution in [0.25, 0.3) is 0 Å². The second kappa shape index (κ2) is 4.90. The van der Waals surface area contributed by atoms with Gasteiger partial charge >= 0.3 is 0 Å². The largest absolute Gasteiger partial charge is 0.374 e. The Labute approximate surface area is 94.5 Å². The summed E-state index contributed by atoms with van der Waals surface area (Å²) < 4.78 is 0.